The first-order valence-electron chi connectivity index (χ1n) is 9.50. The molecule has 25 heavy (non-hydrogen) atoms. The van der Waals surface area contributed by atoms with Crippen LogP contribution in [-0.4, -0.2) is 66.4 Å². The number of ether oxygens (including phenoxy) is 1. The molecule has 0 bridgehead atoms. The van der Waals surface area contributed by atoms with Crippen LogP contribution in [0.2, 0.25) is 0 Å². The fourth-order valence-electron chi connectivity index (χ4n) is 3.41. The van der Waals surface area contributed by atoms with Crippen molar-refractivity contribution in [3.8, 4) is 0 Å². The second-order valence-electron chi connectivity index (χ2n) is 6.85. The predicted molar refractivity (Wildman–Crippen MR) is 96.7 cm³/mol. The number of aromatic nitrogens is 2. The van der Waals surface area contributed by atoms with E-state index in [0.717, 1.165) is 38.7 Å². The van der Waals surface area contributed by atoms with Crippen LogP contribution in [0.1, 0.15) is 49.0 Å². The molecule has 3 rings (SSSR count). The summed E-state index contributed by atoms with van der Waals surface area (Å²) in [7, 11) is 0. The van der Waals surface area contributed by atoms with E-state index in [1.165, 1.54) is 38.5 Å². The Kier molecular flexibility index (Phi) is 6.99. The van der Waals surface area contributed by atoms with E-state index in [0.29, 0.717) is 18.3 Å². The summed E-state index contributed by atoms with van der Waals surface area (Å²) in [6, 6.07) is 4.08. The maximum Gasteiger partial charge on any atom is 0.271 e. The predicted octanol–water partition coefficient (Wildman–Crippen LogP) is 1.67. The molecule has 7 heteroatoms. The highest BCUT2D eigenvalue weighted by Gasteiger charge is 2.14. The summed E-state index contributed by atoms with van der Waals surface area (Å²) in [6.45, 7) is 4.85. The largest absolute Gasteiger partial charge is 0.379 e. The fraction of sp³-hybridized carbons (Fsp3) is 0.722. The Morgan fingerprint density at radius 3 is 2.56 bits per heavy atom. The van der Waals surface area contributed by atoms with Gasteiger partial charge in [0.25, 0.3) is 5.91 Å². The van der Waals surface area contributed by atoms with Crippen molar-refractivity contribution in [3.63, 3.8) is 0 Å². The fourth-order valence-corrected chi connectivity index (χ4v) is 3.41. The molecule has 1 aliphatic carbocycles. The summed E-state index contributed by atoms with van der Waals surface area (Å²) in [6.07, 6.45) is 7.57. The minimum absolute atomic E-state index is 0.165. The Hall–Kier alpha value is -1.73. The van der Waals surface area contributed by atoms with Crippen molar-refractivity contribution in [2.45, 2.75) is 44.6 Å². The van der Waals surface area contributed by atoms with Crippen LogP contribution in [0, 0.1) is 0 Å². The molecule has 2 heterocycles. The van der Waals surface area contributed by atoms with Crippen LogP contribution >= 0.6 is 0 Å². The molecule has 1 saturated heterocycles. The molecule has 138 valence electrons. The number of rotatable bonds is 6. The molecule has 0 spiro atoms. The number of anilines is 1. The van der Waals surface area contributed by atoms with Gasteiger partial charge in [-0.3, -0.25) is 9.69 Å². The van der Waals surface area contributed by atoms with E-state index in [4.69, 9.17) is 4.74 Å². The molecular formula is C18H29N5O2. The summed E-state index contributed by atoms with van der Waals surface area (Å²) in [5.74, 6) is 0.596. The number of morpholine rings is 1. The first-order valence-corrected chi connectivity index (χ1v) is 9.50. The molecule has 1 saturated carbocycles. The van der Waals surface area contributed by atoms with E-state index in [1.54, 1.807) is 6.07 Å². The van der Waals surface area contributed by atoms with Gasteiger partial charge in [-0.05, 0) is 25.0 Å². The van der Waals surface area contributed by atoms with E-state index in [-0.39, 0.29) is 5.91 Å². The Labute approximate surface area is 149 Å². The lowest BCUT2D eigenvalue weighted by atomic mass is 10.1. The number of hydrogen-bond acceptors (Lipinski definition) is 6. The van der Waals surface area contributed by atoms with Gasteiger partial charge in [0.2, 0.25) is 0 Å². The number of hydrogen-bond donors (Lipinski definition) is 2. The summed E-state index contributed by atoms with van der Waals surface area (Å²) < 4.78 is 5.32. The lowest BCUT2D eigenvalue weighted by molar-refractivity contribution is 0.0383. The molecular weight excluding hydrogens is 318 g/mol. The molecule has 1 amide bonds. The van der Waals surface area contributed by atoms with Gasteiger partial charge >= 0.3 is 0 Å². The maximum absolute atomic E-state index is 12.2. The summed E-state index contributed by atoms with van der Waals surface area (Å²) in [5, 5.41) is 14.6. The van der Waals surface area contributed by atoms with E-state index in [9.17, 15) is 4.79 Å². The number of nitrogens with zero attached hydrogens (tertiary/aromatic N) is 3. The van der Waals surface area contributed by atoms with Gasteiger partial charge in [-0.1, -0.05) is 25.7 Å². The standard InChI is InChI=1S/C18H29N5O2/c24-18(19-9-10-23-11-13-25-14-12-23)16-7-8-17(22-21-16)20-15-5-3-1-2-4-6-15/h7-8,15H,1-6,9-14H2,(H,19,24)(H,20,22). The Morgan fingerprint density at radius 1 is 1.12 bits per heavy atom. The van der Waals surface area contributed by atoms with Gasteiger partial charge in [-0.15, -0.1) is 10.2 Å². The molecule has 0 radical (unpaired) electrons. The summed E-state index contributed by atoms with van der Waals surface area (Å²) in [4.78, 5) is 14.4. The Morgan fingerprint density at radius 2 is 1.88 bits per heavy atom. The zero-order valence-electron chi connectivity index (χ0n) is 14.9. The van der Waals surface area contributed by atoms with Crippen LogP contribution in [-0.2, 0) is 4.74 Å². The number of amides is 1. The van der Waals surface area contributed by atoms with E-state index in [1.807, 2.05) is 6.07 Å². The van der Waals surface area contributed by atoms with Crippen LogP contribution in [0.4, 0.5) is 5.82 Å². The molecule has 2 N–H and O–H groups in total. The third-order valence-corrected chi connectivity index (χ3v) is 4.92. The monoisotopic (exact) mass is 347 g/mol. The van der Waals surface area contributed by atoms with Crippen molar-refractivity contribution >= 4 is 11.7 Å². The second-order valence-corrected chi connectivity index (χ2v) is 6.85. The van der Waals surface area contributed by atoms with Crippen LogP contribution in [0.5, 0.6) is 0 Å². The topological polar surface area (TPSA) is 79.4 Å². The third-order valence-electron chi connectivity index (χ3n) is 4.92. The van der Waals surface area contributed by atoms with Crippen LogP contribution in [0.3, 0.4) is 0 Å². The van der Waals surface area contributed by atoms with Gasteiger partial charge in [0, 0.05) is 32.2 Å². The van der Waals surface area contributed by atoms with E-state index >= 15 is 0 Å². The Bertz CT molecular complexity index is 523. The minimum Gasteiger partial charge on any atom is -0.379 e. The van der Waals surface area contributed by atoms with E-state index < -0.39 is 0 Å². The molecule has 0 atom stereocenters. The minimum atomic E-state index is -0.165. The highest BCUT2D eigenvalue weighted by molar-refractivity contribution is 5.92. The zero-order valence-corrected chi connectivity index (χ0v) is 14.9. The number of carbonyl (C=O) groups is 1. The molecule has 1 aliphatic heterocycles. The van der Waals surface area contributed by atoms with Gasteiger partial charge in [0.05, 0.1) is 13.2 Å². The van der Waals surface area contributed by atoms with Gasteiger partial charge in [0.1, 0.15) is 5.82 Å². The molecule has 0 aromatic carbocycles. The molecule has 0 unspecified atom stereocenters. The van der Waals surface area contributed by atoms with E-state index in [2.05, 4.69) is 25.7 Å². The van der Waals surface area contributed by atoms with Gasteiger partial charge in [-0.2, -0.15) is 0 Å². The van der Waals surface area contributed by atoms with Crippen LogP contribution < -0.4 is 10.6 Å². The number of carbonyl (C=O) groups excluding carboxylic acids is 1. The number of nitrogens with one attached hydrogen (secondary N) is 2. The second kappa shape index (κ2) is 9.68. The SMILES string of the molecule is O=C(NCCN1CCOCC1)c1ccc(NC2CCCCCC2)nn1. The first-order chi connectivity index (χ1) is 12.3. The highest BCUT2D eigenvalue weighted by atomic mass is 16.5. The first kappa shape index (κ1) is 18.1. The molecule has 2 aliphatic rings. The lowest BCUT2D eigenvalue weighted by Crippen LogP contribution is -2.41. The van der Waals surface area contributed by atoms with Crippen molar-refractivity contribution in [1.29, 1.82) is 0 Å². The van der Waals surface area contributed by atoms with Gasteiger partial charge in [-0.25, -0.2) is 0 Å². The average Bonchev–Trinajstić information content (AvgIpc) is 2.92. The van der Waals surface area contributed by atoms with Crippen molar-refractivity contribution in [2.24, 2.45) is 0 Å². The lowest BCUT2D eigenvalue weighted by Gasteiger charge is -2.26. The van der Waals surface area contributed by atoms with Crippen molar-refractivity contribution in [2.75, 3.05) is 44.7 Å². The zero-order chi connectivity index (χ0) is 17.3. The molecule has 1 aromatic rings. The summed E-state index contributed by atoms with van der Waals surface area (Å²) >= 11 is 0. The molecule has 7 nitrogen and oxygen atoms in total. The average molecular weight is 347 g/mol. The maximum atomic E-state index is 12.2. The Balaban J connectivity index is 1.41. The van der Waals surface area contributed by atoms with Crippen LogP contribution in [0.25, 0.3) is 0 Å². The van der Waals surface area contributed by atoms with Crippen molar-refractivity contribution in [1.82, 2.24) is 20.4 Å². The van der Waals surface area contributed by atoms with Crippen LogP contribution in [0.15, 0.2) is 12.1 Å². The van der Waals surface area contributed by atoms with Gasteiger partial charge in [0.15, 0.2) is 5.69 Å². The molecule has 2 fully saturated rings. The highest BCUT2D eigenvalue weighted by Crippen LogP contribution is 2.20. The smallest absolute Gasteiger partial charge is 0.271 e. The van der Waals surface area contributed by atoms with Gasteiger partial charge < -0.3 is 15.4 Å². The van der Waals surface area contributed by atoms with Crippen molar-refractivity contribution in [3.05, 3.63) is 17.8 Å². The summed E-state index contributed by atoms with van der Waals surface area (Å²) in [5.41, 5.74) is 0.369. The quantitative estimate of drug-likeness (QED) is 0.762. The third kappa shape index (κ3) is 5.93. The normalized spacial score (nSPS) is 20.0. The van der Waals surface area contributed by atoms with Crippen molar-refractivity contribution < 1.29 is 9.53 Å². The molecule has 1 aromatic heterocycles.